The van der Waals surface area contributed by atoms with Crippen LogP contribution in [0.3, 0.4) is 0 Å². The van der Waals surface area contributed by atoms with Crippen molar-refractivity contribution in [2.45, 2.75) is 50.1 Å². The highest BCUT2D eigenvalue weighted by Crippen LogP contribution is 2.58. The van der Waals surface area contributed by atoms with E-state index in [1.807, 2.05) is 18.3 Å². The van der Waals surface area contributed by atoms with Gasteiger partial charge in [0.05, 0.1) is 37.0 Å². The topological polar surface area (TPSA) is 65.7 Å². The van der Waals surface area contributed by atoms with Gasteiger partial charge in [-0.2, -0.15) is 5.26 Å². The first-order chi connectivity index (χ1) is 14.6. The van der Waals surface area contributed by atoms with E-state index in [4.69, 9.17) is 9.73 Å². The Morgan fingerprint density at radius 1 is 1.17 bits per heavy atom. The van der Waals surface area contributed by atoms with Gasteiger partial charge >= 0.3 is 5.97 Å². The maximum atomic E-state index is 13.0. The molecule has 1 aromatic carbocycles. The smallest absolute Gasteiger partial charge is 0.334 e. The van der Waals surface area contributed by atoms with Crippen molar-refractivity contribution in [1.82, 2.24) is 4.90 Å². The van der Waals surface area contributed by atoms with Gasteiger partial charge in [0.15, 0.2) is 0 Å². The summed E-state index contributed by atoms with van der Waals surface area (Å²) >= 11 is 0. The molecule has 2 unspecified atom stereocenters. The minimum absolute atomic E-state index is 0.105. The van der Waals surface area contributed by atoms with Crippen molar-refractivity contribution in [2.75, 3.05) is 13.7 Å². The summed E-state index contributed by atoms with van der Waals surface area (Å²) in [6.45, 7) is 0.302. The Morgan fingerprint density at radius 3 is 2.47 bits per heavy atom. The molecular weight excluding hydrogens is 374 g/mol. The summed E-state index contributed by atoms with van der Waals surface area (Å²) in [4.78, 5) is 20.6. The molecule has 0 aromatic heterocycles. The van der Waals surface area contributed by atoms with E-state index in [0.717, 1.165) is 53.9 Å². The molecule has 5 nitrogen and oxygen atoms in total. The fraction of sp³-hybridized carbons (Fsp3) is 0.560. The number of hydrogen-bond acceptors (Lipinski definition) is 5. The molecule has 4 bridgehead atoms. The minimum Gasteiger partial charge on any atom is -0.467 e. The summed E-state index contributed by atoms with van der Waals surface area (Å²) in [5, 5.41) is 10.3. The van der Waals surface area contributed by atoms with Gasteiger partial charge in [-0.15, -0.1) is 0 Å². The van der Waals surface area contributed by atoms with Gasteiger partial charge in [-0.1, -0.05) is 24.3 Å². The maximum Gasteiger partial charge on any atom is 0.334 e. The second-order valence-electron chi connectivity index (χ2n) is 10.2. The number of methoxy groups -OCH3 is 1. The molecule has 2 atom stereocenters. The molecule has 2 aliphatic heterocycles. The van der Waals surface area contributed by atoms with Gasteiger partial charge in [0.25, 0.3) is 0 Å². The van der Waals surface area contributed by atoms with E-state index >= 15 is 0 Å². The summed E-state index contributed by atoms with van der Waals surface area (Å²) in [6, 6.07) is 10.5. The number of carbonyl (C=O) groups excluding carboxylic acids is 1. The average Bonchev–Trinajstić information content (AvgIpc) is 3.06. The first-order valence-electron chi connectivity index (χ1n) is 11.2. The lowest BCUT2D eigenvalue weighted by Gasteiger charge is -2.55. The van der Waals surface area contributed by atoms with Gasteiger partial charge in [-0.25, -0.2) is 4.79 Å². The summed E-state index contributed by atoms with van der Waals surface area (Å²) in [5.74, 6) is 1.79. The lowest BCUT2D eigenvalue weighted by atomic mass is 9.53. The molecule has 154 valence electrons. The van der Waals surface area contributed by atoms with Gasteiger partial charge in [0.1, 0.15) is 0 Å². The molecule has 5 heteroatoms. The summed E-state index contributed by atoms with van der Waals surface area (Å²) in [5.41, 5.74) is 1.53. The minimum atomic E-state index is -1.34. The van der Waals surface area contributed by atoms with Crippen molar-refractivity contribution in [3.63, 3.8) is 0 Å². The third-order valence-electron chi connectivity index (χ3n) is 8.27. The molecule has 0 spiro atoms. The zero-order valence-corrected chi connectivity index (χ0v) is 17.4. The van der Waals surface area contributed by atoms with E-state index in [9.17, 15) is 10.1 Å². The summed E-state index contributed by atoms with van der Waals surface area (Å²) in [7, 11) is 1.38. The van der Waals surface area contributed by atoms with Crippen LogP contribution in [0.4, 0.5) is 0 Å². The van der Waals surface area contributed by atoms with Crippen molar-refractivity contribution in [3.8, 4) is 6.07 Å². The number of esters is 1. The lowest BCUT2D eigenvalue weighted by molar-refractivity contribution is -0.145. The van der Waals surface area contributed by atoms with Crippen LogP contribution >= 0.6 is 0 Å². The quantitative estimate of drug-likeness (QED) is 0.699. The fourth-order valence-corrected chi connectivity index (χ4v) is 7.48. The first kappa shape index (κ1) is 18.2. The molecule has 0 radical (unpaired) electrons. The highest BCUT2D eigenvalue weighted by molar-refractivity contribution is 6.14. The predicted molar refractivity (Wildman–Crippen MR) is 113 cm³/mol. The zero-order chi connectivity index (χ0) is 20.5. The van der Waals surface area contributed by atoms with Gasteiger partial charge in [0, 0.05) is 6.20 Å². The standard InChI is InChI=1S/C25H27N3O2/c1-30-23(29)25(14-26)15-28-7-6-19-4-2-3-5-20(19)21(28)22(25)27-24-11-16-8-17(12-24)10-18(9-16)13-24/h2-7,16-18,21H,8-13,15H2,1H3. The number of carbonyl (C=O) groups is 1. The number of nitrogens with zero attached hydrogens (tertiary/aromatic N) is 3. The molecule has 30 heavy (non-hydrogen) atoms. The molecule has 0 N–H and O–H groups in total. The number of hydrogen-bond donors (Lipinski definition) is 0. The number of aliphatic imine (C=N–C) groups is 1. The largest absolute Gasteiger partial charge is 0.467 e. The Labute approximate surface area is 177 Å². The Hall–Kier alpha value is -2.61. The van der Waals surface area contributed by atoms with Crippen LogP contribution in [0.25, 0.3) is 6.08 Å². The molecule has 5 fully saturated rings. The third kappa shape index (κ3) is 2.40. The Morgan fingerprint density at radius 2 is 1.83 bits per heavy atom. The maximum absolute atomic E-state index is 13.0. The highest BCUT2D eigenvalue weighted by Gasteiger charge is 2.59. The Kier molecular flexibility index (Phi) is 3.76. The van der Waals surface area contributed by atoms with Crippen LogP contribution in [0.5, 0.6) is 0 Å². The molecule has 6 aliphatic rings. The van der Waals surface area contributed by atoms with Crippen LogP contribution in [-0.2, 0) is 9.53 Å². The molecule has 0 amide bonds. The number of nitriles is 1. The molecule has 2 heterocycles. The van der Waals surface area contributed by atoms with E-state index < -0.39 is 11.4 Å². The van der Waals surface area contributed by atoms with E-state index in [-0.39, 0.29) is 11.6 Å². The van der Waals surface area contributed by atoms with Crippen molar-refractivity contribution < 1.29 is 9.53 Å². The molecular formula is C25H27N3O2. The van der Waals surface area contributed by atoms with E-state index in [1.165, 1.54) is 26.4 Å². The molecule has 4 aliphatic carbocycles. The normalized spacial score (nSPS) is 41.5. The number of ether oxygens (including phenoxy) is 1. The van der Waals surface area contributed by atoms with Crippen LogP contribution in [-0.4, -0.2) is 35.8 Å². The van der Waals surface area contributed by atoms with Crippen molar-refractivity contribution in [1.29, 1.82) is 5.26 Å². The van der Waals surface area contributed by atoms with E-state index in [0.29, 0.717) is 6.54 Å². The molecule has 1 aromatic rings. The summed E-state index contributed by atoms with van der Waals surface area (Å²) in [6.07, 6.45) is 11.4. The van der Waals surface area contributed by atoms with Gasteiger partial charge in [0.2, 0.25) is 5.41 Å². The highest BCUT2D eigenvalue weighted by atomic mass is 16.5. The van der Waals surface area contributed by atoms with Crippen LogP contribution in [0.15, 0.2) is 35.5 Å². The van der Waals surface area contributed by atoms with Gasteiger partial charge < -0.3 is 9.64 Å². The number of fused-ring (bicyclic) bond motifs is 3. The Bertz CT molecular complexity index is 984. The van der Waals surface area contributed by atoms with E-state index in [2.05, 4.69) is 29.2 Å². The van der Waals surface area contributed by atoms with Crippen LogP contribution in [0.2, 0.25) is 0 Å². The van der Waals surface area contributed by atoms with Crippen molar-refractivity contribution in [2.24, 2.45) is 28.2 Å². The van der Waals surface area contributed by atoms with E-state index in [1.54, 1.807) is 0 Å². The van der Waals surface area contributed by atoms with Crippen molar-refractivity contribution >= 4 is 17.8 Å². The predicted octanol–water partition coefficient (Wildman–Crippen LogP) is 4.12. The second-order valence-corrected chi connectivity index (χ2v) is 10.2. The molecule has 4 saturated carbocycles. The van der Waals surface area contributed by atoms with Crippen LogP contribution < -0.4 is 0 Å². The average molecular weight is 402 g/mol. The molecule has 7 rings (SSSR count). The second kappa shape index (κ2) is 6.20. The van der Waals surface area contributed by atoms with Crippen molar-refractivity contribution in [3.05, 3.63) is 41.6 Å². The van der Waals surface area contributed by atoms with Gasteiger partial charge in [-0.05, 0) is 73.5 Å². The fourth-order valence-electron chi connectivity index (χ4n) is 7.48. The number of rotatable bonds is 2. The zero-order valence-electron chi connectivity index (χ0n) is 17.4. The molecule has 1 saturated heterocycles. The van der Waals surface area contributed by atoms with Gasteiger partial charge in [-0.3, -0.25) is 4.99 Å². The number of benzene rings is 1. The first-order valence-corrected chi connectivity index (χ1v) is 11.2. The lowest BCUT2D eigenvalue weighted by Crippen LogP contribution is -2.51. The SMILES string of the molecule is COC(=O)C1(C#N)CN2C=Cc3ccccc3C2C1=NC12CC3CC(CC(C3)C1)C2. The monoisotopic (exact) mass is 401 g/mol. The third-order valence-corrected chi connectivity index (χ3v) is 8.27. The van der Waals surface area contributed by atoms with Crippen LogP contribution in [0.1, 0.15) is 55.7 Å². The van der Waals surface area contributed by atoms with Crippen LogP contribution in [0, 0.1) is 34.5 Å². The Balaban J connectivity index is 1.53. The summed E-state index contributed by atoms with van der Waals surface area (Å²) < 4.78 is 5.18.